The van der Waals surface area contributed by atoms with Crippen LogP contribution in [0.4, 0.5) is 0 Å². The molecule has 0 aromatic heterocycles. The largest absolute Gasteiger partial charge is 0.507 e. The van der Waals surface area contributed by atoms with Crippen LogP contribution in [0.15, 0.2) is 24.3 Å². The van der Waals surface area contributed by atoms with Crippen molar-refractivity contribution in [3.05, 3.63) is 57.6 Å². The topological polar surface area (TPSA) is 57.5 Å². The number of phenols is 2. The summed E-state index contributed by atoms with van der Waals surface area (Å²) in [7, 11) is 0. The first-order valence-corrected chi connectivity index (χ1v) is 9.83. The monoisotopic (exact) mass is 382 g/mol. The van der Waals surface area contributed by atoms with Crippen molar-refractivity contribution in [2.45, 2.75) is 79.1 Å². The van der Waals surface area contributed by atoms with Crippen molar-refractivity contribution in [3.63, 3.8) is 0 Å². The number of hydrogen-bond donors (Lipinski definition) is 2. The number of carbonyl (C=O) groups excluding carboxylic acids is 1. The van der Waals surface area contributed by atoms with Crippen LogP contribution in [0.5, 0.6) is 11.5 Å². The van der Waals surface area contributed by atoms with E-state index in [1.165, 1.54) is 0 Å². The highest BCUT2D eigenvalue weighted by molar-refractivity contribution is 5.87. The van der Waals surface area contributed by atoms with E-state index in [0.717, 1.165) is 33.4 Å². The van der Waals surface area contributed by atoms with E-state index in [2.05, 4.69) is 41.5 Å². The van der Waals surface area contributed by atoms with Gasteiger partial charge in [0, 0.05) is 0 Å². The summed E-state index contributed by atoms with van der Waals surface area (Å²) in [5.74, 6) is 0.169. The van der Waals surface area contributed by atoms with Crippen molar-refractivity contribution in [1.29, 1.82) is 0 Å². The highest BCUT2D eigenvalue weighted by atomic mass is 16.3. The van der Waals surface area contributed by atoms with Crippen molar-refractivity contribution in [1.82, 2.24) is 0 Å². The van der Waals surface area contributed by atoms with Gasteiger partial charge in [-0.15, -0.1) is 0 Å². The Bertz CT molecular complexity index is 839. The fraction of sp³-hybridized carbons (Fsp3) is 0.480. The van der Waals surface area contributed by atoms with Crippen LogP contribution in [0.25, 0.3) is 0 Å². The van der Waals surface area contributed by atoms with Crippen LogP contribution in [0.2, 0.25) is 0 Å². The molecule has 0 spiro atoms. The van der Waals surface area contributed by atoms with Crippen LogP contribution in [0.1, 0.15) is 87.8 Å². The van der Waals surface area contributed by atoms with E-state index in [1.54, 1.807) is 6.92 Å². The van der Waals surface area contributed by atoms with Crippen LogP contribution in [-0.4, -0.2) is 16.0 Å². The van der Waals surface area contributed by atoms with Crippen molar-refractivity contribution < 1.29 is 15.0 Å². The molecule has 2 aromatic rings. The highest BCUT2D eigenvalue weighted by Crippen LogP contribution is 2.40. The van der Waals surface area contributed by atoms with E-state index in [4.69, 9.17) is 0 Å². The van der Waals surface area contributed by atoms with Gasteiger partial charge in [0.2, 0.25) is 0 Å². The summed E-state index contributed by atoms with van der Waals surface area (Å²) in [5.41, 5.74) is 4.46. The molecular formula is C25H34O3. The van der Waals surface area contributed by atoms with Gasteiger partial charge in [-0.05, 0) is 65.0 Å². The third-order valence-corrected chi connectivity index (χ3v) is 5.33. The predicted molar refractivity (Wildman–Crippen MR) is 116 cm³/mol. The molecule has 0 heterocycles. The molecular weight excluding hydrogens is 348 g/mol. The second kappa shape index (κ2) is 7.27. The summed E-state index contributed by atoms with van der Waals surface area (Å²) >= 11 is 0. The number of benzene rings is 2. The first kappa shape index (κ1) is 22.0. The van der Waals surface area contributed by atoms with Crippen LogP contribution in [0, 0.1) is 13.8 Å². The van der Waals surface area contributed by atoms with Crippen LogP contribution >= 0.6 is 0 Å². The maximum atomic E-state index is 12.7. The zero-order valence-electron chi connectivity index (χ0n) is 18.7. The average Bonchev–Trinajstić information content (AvgIpc) is 2.51. The summed E-state index contributed by atoms with van der Waals surface area (Å²) in [6.45, 7) is 17.6. The van der Waals surface area contributed by atoms with Crippen LogP contribution < -0.4 is 0 Å². The molecule has 2 aromatic carbocycles. The Morgan fingerprint density at radius 2 is 1.07 bits per heavy atom. The lowest BCUT2D eigenvalue weighted by Gasteiger charge is -2.27. The second-order valence-corrected chi connectivity index (χ2v) is 10.0. The van der Waals surface area contributed by atoms with Crippen LogP contribution in [0.3, 0.4) is 0 Å². The Hall–Kier alpha value is -2.29. The third-order valence-electron chi connectivity index (χ3n) is 5.33. The Morgan fingerprint density at radius 3 is 1.32 bits per heavy atom. The number of aryl methyl sites for hydroxylation is 2. The molecule has 2 rings (SSSR count). The fourth-order valence-electron chi connectivity index (χ4n) is 3.75. The van der Waals surface area contributed by atoms with E-state index in [0.29, 0.717) is 0 Å². The molecule has 3 nitrogen and oxygen atoms in total. The molecule has 28 heavy (non-hydrogen) atoms. The maximum Gasteiger partial charge on any atom is 0.141 e. The van der Waals surface area contributed by atoms with E-state index >= 15 is 0 Å². The Labute approximate surface area is 169 Å². The normalized spacial score (nSPS) is 12.5. The lowest BCUT2D eigenvalue weighted by molar-refractivity contribution is -0.117. The van der Waals surface area contributed by atoms with Gasteiger partial charge in [0.05, 0.1) is 5.92 Å². The van der Waals surface area contributed by atoms with Gasteiger partial charge in [-0.3, -0.25) is 4.79 Å². The zero-order chi connectivity index (χ0) is 21.6. The van der Waals surface area contributed by atoms with E-state index < -0.39 is 5.92 Å². The lowest BCUT2D eigenvalue weighted by atomic mass is 9.78. The molecule has 0 bridgehead atoms. The molecule has 0 radical (unpaired) electrons. The first-order chi connectivity index (χ1) is 12.6. The SMILES string of the molecule is CC(=O)C(c1cc(C)c(O)c(C(C)(C)C)c1)c1cc(C)c(O)c(C(C)(C)C)c1. The summed E-state index contributed by atoms with van der Waals surface area (Å²) in [5, 5.41) is 21.1. The van der Waals surface area contributed by atoms with Gasteiger partial charge in [-0.2, -0.15) is 0 Å². The van der Waals surface area contributed by atoms with E-state index in [1.807, 2.05) is 38.1 Å². The molecule has 0 saturated heterocycles. The molecule has 0 unspecified atom stereocenters. The van der Waals surface area contributed by atoms with E-state index in [9.17, 15) is 15.0 Å². The molecule has 3 heteroatoms. The number of phenolic OH excluding ortho intramolecular Hbond substituents is 2. The lowest BCUT2D eigenvalue weighted by Crippen LogP contribution is -2.18. The molecule has 0 atom stereocenters. The first-order valence-electron chi connectivity index (χ1n) is 9.83. The highest BCUT2D eigenvalue weighted by Gasteiger charge is 2.28. The molecule has 0 aliphatic carbocycles. The quantitative estimate of drug-likeness (QED) is 0.681. The third kappa shape index (κ3) is 4.24. The summed E-state index contributed by atoms with van der Waals surface area (Å²) in [6, 6.07) is 7.70. The minimum atomic E-state index is -0.444. The van der Waals surface area contributed by atoms with Gasteiger partial charge < -0.3 is 10.2 Å². The van der Waals surface area contributed by atoms with Gasteiger partial charge in [0.15, 0.2) is 0 Å². The van der Waals surface area contributed by atoms with Gasteiger partial charge in [-0.25, -0.2) is 0 Å². The summed E-state index contributed by atoms with van der Waals surface area (Å²) < 4.78 is 0. The maximum absolute atomic E-state index is 12.7. The van der Waals surface area contributed by atoms with E-state index in [-0.39, 0.29) is 28.1 Å². The number of carbonyl (C=O) groups is 1. The number of rotatable bonds is 3. The minimum absolute atomic E-state index is 0.0369. The van der Waals surface area contributed by atoms with Crippen molar-refractivity contribution in [2.24, 2.45) is 0 Å². The smallest absolute Gasteiger partial charge is 0.141 e. The standard InChI is InChI=1S/C25H34O3/c1-14-10-17(12-19(22(14)27)24(4,5)6)21(16(3)26)18-11-15(2)23(28)20(13-18)25(7,8)9/h10-13,21,27-28H,1-9H3. The molecule has 152 valence electrons. The Morgan fingerprint density at radius 1 is 0.750 bits per heavy atom. The number of hydrogen-bond acceptors (Lipinski definition) is 3. The minimum Gasteiger partial charge on any atom is -0.507 e. The van der Waals surface area contributed by atoms with Crippen molar-refractivity contribution in [2.75, 3.05) is 0 Å². The molecule has 0 fully saturated rings. The Balaban J connectivity index is 2.78. The van der Waals surface area contributed by atoms with Gasteiger partial charge in [0.1, 0.15) is 17.3 Å². The number of Topliss-reactive ketones (excluding diaryl/α,β-unsaturated/α-hetero) is 1. The molecule has 0 aliphatic rings. The van der Waals surface area contributed by atoms with Crippen molar-refractivity contribution in [3.8, 4) is 11.5 Å². The molecule has 0 amide bonds. The van der Waals surface area contributed by atoms with Gasteiger partial charge >= 0.3 is 0 Å². The molecule has 2 N–H and O–H groups in total. The fourth-order valence-corrected chi connectivity index (χ4v) is 3.75. The van der Waals surface area contributed by atoms with Gasteiger partial charge in [0.25, 0.3) is 0 Å². The van der Waals surface area contributed by atoms with Crippen LogP contribution in [-0.2, 0) is 15.6 Å². The molecule has 0 aliphatic heterocycles. The van der Waals surface area contributed by atoms with Crippen molar-refractivity contribution >= 4 is 5.78 Å². The van der Waals surface area contributed by atoms with Gasteiger partial charge in [-0.1, -0.05) is 65.8 Å². The number of aromatic hydroxyl groups is 2. The second-order valence-electron chi connectivity index (χ2n) is 10.0. The molecule has 0 saturated carbocycles. The summed E-state index contributed by atoms with van der Waals surface area (Å²) in [4.78, 5) is 12.7. The summed E-state index contributed by atoms with van der Waals surface area (Å²) in [6.07, 6.45) is 0. The average molecular weight is 383 g/mol. The Kier molecular flexibility index (Phi) is 5.71. The zero-order valence-corrected chi connectivity index (χ0v) is 18.7. The number of ketones is 1. The predicted octanol–water partition coefficient (Wildman–Crippen LogP) is 6.03.